The number of nitrogens with zero attached hydrogens (tertiary/aromatic N) is 2. The van der Waals surface area contributed by atoms with E-state index >= 15 is 0 Å². The van der Waals surface area contributed by atoms with Gasteiger partial charge in [0.2, 0.25) is 11.8 Å². The zero-order valence-corrected chi connectivity index (χ0v) is 12.5. The number of carbonyl (C=O) groups excluding carboxylic acids is 2. The highest BCUT2D eigenvalue weighted by atomic mass is 16.2. The van der Waals surface area contributed by atoms with Gasteiger partial charge in [-0.2, -0.15) is 0 Å². The van der Waals surface area contributed by atoms with Crippen molar-refractivity contribution in [1.82, 2.24) is 9.80 Å². The lowest BCUT2D eigenvalue weighted by Gasteiger charge is -2.40. The first-order valence-electron chi connectivity index (χ1n) is 6.62. The van der Waals surface area contributed by atoms with E-state index in [1.165, 1.54) is 0 Å². The summed E-state index contributed by atoms with van der Waals surface area (Å²) in [4.78, 5) is 28.0. The van der Waals surface area contributed by atoms with Crippen molar-refractivity contribution in [3.8, 4) is 0 Å². The van der Waals surface area contributed by atoms with Gasteiger partial charge >= 0.3 is 0 Å². The first kappa shape index (κ1) is 15.0. The maximum absolute atomic E-state index is 12.2. The van der Waals surface area contributed by atoms with Gasteiger partial charge in [-0.3, -0.25) is 9.59 Å². The van der Waals surface area contributed by atoms with Gasteiger partial charge in [0.05, 0.1) is 6.67 Å². The average molecular weight is 254 g/mol. The second kappa shape index (κ2) is 4.90. The molecule has 1 rings (SSSR count). The summed E-state index contributed by atoms with van der Waals surface area (Å²) in [7, 11) is 0. The molecule has 4 heteroatoms. The topological polar surface area (TPSA) is 40.6 Å². The van der Waals surface area contributed by atoms with E-state index in [0.717, 1.165) is 19.5 Å². The Bertz CT molecular complexity index is 305. The van der Waals surface area contributed by atoms with E-state index in [1.807, 2.05) is 41.5 Å². The molecule has 0 bridgehead atoms. The van der Waals surface area contributed by atoms with E-state index in [-0.39, 0.29) is 22.6 Å². The normalized spacial score (nSPS) is 17.9. The molecule has 0 aromatic rings. The maximum atomic E-state index is 12.2. The summed E-state index contributed by atoms with van der Waals surface area (Å²) in [6.45, 7) is 13.4. The molecule has 104 valence electrons. The van der Waals surface area contributed by atoms with Crippen molar-refractivity contribution < 1.29 is 9.59 Å². The molecule has 2 amide bonds. The highest BCUT2D eigenvalue weighted by Crippen LogP contribution is 2.23. The van der Waals surface area contributed by atoms with Gasteiger partial charge in [0, 0.05) is 23.9 Å². The summed E-state index contributed by atoms with van der Waals surface area (Å²) in [5, 5.41) is 0. The van der Waals surface area contributed by atoms with Gasteiger partial charge in [0.25, 0.3) is 0 Å². The Morgan fingerprint density at radius 1 is 0.778 bits per heavy atom. The lowest BCUT2D eigenvalue weighted by Crippen LogP contribution is -2.54. The van der Waals surface area contributed by atoms with E-state index < -0.39 is 0 Å². The van der Waals surface area contributed by atoms with E-state index in [9.17, 15) is 9.59 Å². The van der Waals surface area contributed by atoms with Crippen molar-refractivity contribution >= 4 is 11.8 Å². The Balaban J connectivity index is 2.74. The van der Waals surface area contributed by atoms with E-state index in [0.29, 0.717) is 6.67 Å². The number of hydrogen-bond donors (Lipinski definition) is 0. The Hall–Kier alpha value is -1.06. The molecule has 0 atom stereocenters. The van der Waals surface area contributed by atoms with Crippen molar-refractivity contribution in [1.29, 1.82) is 0 Å². The van der Waals surface area contributed by atoms with Gasteiger partial charge < -0.3 is 9.80 Å². The Kier molecular flexibility index (Phi) is 4.08. The van der Waals surface area contributed by atoms with Crippen molar-refractivity contribution in [2.75, 3.05) is 19.8 Å². The molecule has 0 spiro atoms. The minimum atomic E-state index is -0.381. The van der Waals surface area contributed by atoms with Crippen LogP contribution in [0.25, 0.3) is 0 Å². The molecule has 0 aliphatic carbocycles. The van der Waals surface area contributed by atoms with Crippen molar-refractivity contribution in [2.45, 2.75) is 48.0 Å². The van der Waals surface area contributed by atoms with E-state index in [2.05, 4.69) is 0 Å². The van der Waals surface area contributed by atoms with Crippen LogP contribution < -0.4 is 0 Å². The number of rotatable bonds is 0. The summed E-state index contributed by atoms with van der Waals surface area (Å²) < 4.78 is 0. The van der Waals surface area contributed by atoms with Gasteiger partial charge in [0.1, 0.15) is 0 Å². The molecule has 0 radical (unpaired) electrons. The summed E-state index contributed by atoms with van der Waals surface area (Å²) in [6, 6.07) is 0. The molecule has 0 saturated carbocycles. The van der Waals surface area contributed by atoms with Gasteiger partial charge in [-0.25, -0.2) is 0 Å². The average Bonchev–Trinajstić information content (AvgIpc) is 2.24. The number of hydrogen-bond acceptors (Lipinski definition) is 2. The number of carbonyl (C=O) groups is 2. The molecule has 1 aliphatic heterocycles. The monoisotopic (exact) mass is 254 g/mol. The van der Waals surface area contributed by atoms with Crippen LogP contribution >= 0.6 is 0 Å². The fourth-order valence-electron chi connectivity index (χ4n) is 2.08. The van der Waals surface area contributed by atoms with E-state index in [4.69, 9.17) is 0 Å². The lowest BCUT2D eigenvalue weighted by molar-refractivity contribution is -0.151. The second-order valence-electron chi connectivity index (χ2n) is 7.13. The fraction of sp³-hybridized carbons (Fsp3) is 0.857. The molecule has 1 heterocycles. The van der Waals surface area contributed by atoms with Crippen LogP contribution in [0.5, 0.6) is 0 Å². The summed E-state index contributed by atoms with van der Waals surface area (Å²) in [6.07, 6.45) is 0.865. The third-order valence-electron chi connectivity index (χ3n) is 3.06. The van der Waals surface area contributed by atoms with Crippen LogP contribution in [0.15, 0.2) is 0 Å². The van der Waals surface area contributed by atoms with E-state index in [1.54, 1.807) is 9.80 Å². The molecule has 18 heavy (non-hydrogen) atoms. The molecule has 4 nitrogen and oxygen atoms in total. The molecule has 0 N–H and O–H groups in total. The lowest BCUT2D eigenvalue weighted by atomic mass is 9.93. The molecule has 1 aliphatic rings. The van der Waals surface area contributed by atoms with Crippen molar-refractivity contribution in [3.05, 3.63) is 0 Å². The third kappa shape index (κ3) is 3.47. The minimum Gasteiger partial charge on any atom is -0.324 e. The number of amides is 2. The minimum absolute atomic E-state index is 0.119. The van der Waals surface area contributed by atoms with Gasteiger partial charge in [-0.1, -0.05) is 41.5 Å². The predicted molar refractivity (Wildman–Crippen MR) is 71.8 cm³/mol. The van der Waals surface area contributed by atoms with Crippen LogP contribution in [0, 0.1) is 10.8 Å². The first-order chi connectivity index (χ1) is 8.03. The zero-order chi connectivity index (χ0) is 14.1. The van der Waals surface area contributed by atoms with Crippen LogP contribution in [0.2, 0.25) is 0 Å². The summed E-state index contributed by atoms with van der Waals surface area (Å²) in [5.41, 5.74) is -0.762. The smallest absolute Gasteiger partial charge is 0.229 e. The summed E-state index contributed by atoms with van der Waals surface area (Å²) >= 11 is 0. The Morgan fingerprint density at radius 2 is 1.11 bits per heavy atom. The molecular weight excluding hydrogens is 228 g/mol. The van der Waals surface area contributed by atoms with Crippen molar-refractivity contribution in [3.63, 3.8) is 0 Å². The molecule has 0 aromatic heterocycles. The van der Waals surface area contributed by atoms with Crippen LogP contribution in [0.4, 0.5) is 0 Å². The molecular formula is C14H26N2O2. The van der Waals surface area contributed by atoms with Crippen molar-refractivity contribution in [2.24, 2.45) is 10.8 Å². The van der Waals surface area contributed by atoms with Crippen LogP contribution in [-0.2, 0) is 9.59 Å². The molecule has 0 aromatic carbocycles. The SMILES string of the molecule is CC(C)(C)C(=O)N1CCCN(C(=O)C(C)(C)C)C1. The largest absolute Gasteiger partial charge is 0.324 e. The van der Waals surface area contributed by atoms with Gasteiger partial charge in [0.15, 0.2) is 0 Å². The van der Waals surface area contributed by atoms with Crippen LogP contribution in [0.3, 0.4) is 0 Å². The Labute approximate surface area is 110 Å². The predicted octanol–water partition coefficient (Wildman–Crippen LogP) is 2.10. The third-order valence-corrected chi connectivity index (χ3v) is 3.06. The first-order valence-corrected chi connectivity index (χ1v) is 6.62. The zero-order valence-electron chi connectivity index (χ0n) is 12.5. The van der Waals surface area contributed by atoms with Gasteiger partial charge in [-0.05, 0) is 6.42 Å². The quantitative estimate of drug-likeness (QED) is 0.664. The standard InChI is InChI=1S/C14H26N2O2/c1-13(2,3)11(17)15-8-7-9-16(10-15)12(18)14(4,5)6/h7-10H2,1-6H3. The Morgan fingerprint density at radius 3 is 1.39 bits per heavy atom. The molecule has 1 fully saturated rings. The molecule has 0 unspecified atom stereocenters. The van der Waals surface area contributed by atoms with Crippen LogP contribution in [0.1, 0.15) is 48.0 Å². The highest BCUT2D eigenvalue weighted by molar-refractivity contribution is 5.84. The molecule has 1 saturated heterocycles. The van der Waals surface area contributed by atoms with Crippen LogP contribution in [-0.4, -0.2) is 41.4 Å². The van der Waals surface area contributed by atoms with Gasteiger partial charge in [-0.15, -0.1) is 0 Å². The second-order valence-corrected chi connectivity index (χ2v) is 7.13. The summed E-state index contributed by atoms with van der Waals surface area (Å²) in [5.74, 6) is 0.239. The fourth-order valence-corrected chi connectivity index (χ4v) is 2.08. The highest BCUT2D eigenvalue weighted by Gasteiger charge is 2.34. The maximum Gasteiger partial charge on any atom is 0.229 e.